The maximum absolute atomic E-state index is 13.3. The molecule has 2 aromatic rings. The predicted octanol–water partition coefficient (Wildman–Crippen LogP) is 2.30. The summed E-state index contributed by atoms with van der Waals surface area (Å²) in [6.07, 6.45) is 2.15. The molecular weight excluding hydrogens is 364 g/mol. The first-order valence-electron chi connectivity index (χ1n) is 9.83. The molecule has 0 saturated heterocycles. The average Bonchev–Trinajstić information content (AvgIpc) is 2.70. The van der Waals surface area contributed by atoms with Gasteiger partial charge in [-0.05, 0) is 48.2 Å². The fourth-order valence-electron chi connectivity index (χ4n) is 3.62. The molecule has 1 fully saturated rings. The Morgan fingerprint density at radius 2 is 1.39 bits per heavy atom. The van der Waals surface area contributed by atoms with E-state index in [4.69, 9.17) is 4.74 Å². The quantitative estimate of drug-likeness (QED) is 0.646. The van der Waals surface area contributed by atoms with E-state index in [9.17, 15) is 19.0 Å². The van der Waals surface area contributed by atoms with Gasteiger partial charge >= 0.3 is 0 Å². The lowest BCUT2D eigenvalue weighted by molar-refractivity contribution is -0.697. The number of aliphatic hydroxyl groups excluding tert-OH is 2. The van der Waals surface area contributed by atoms with E-state index in [-0.39, 0.29) is 24.3 Å². The van der Waals surface area contributed by atoms with Gasteiger partial charge in [0.2, 0.25) is 0 Å². The van der Waals surface area contributed by atoms with Crippen molar-refractivity contribution in [2.75, 3.05) is 13.2 Å². The van der Waals surface area contributed by atoms with E-state index in [1.165, 1.54) is 24.3 Å². The van der Waals surface area contributed by atoms with Crippen LogP contribution in [-0.2, 0) is 4.74 Å². The Morgan fingerprint density at radius 3 is 1.89 bits per heavy atom. The molecule has 1 atom stereocenters. The summed E-state index contributed by atoms with van der Waals surface area (Å²) in [4.78, 5) is 0. The molecule has 152 valence electrons. The molecule has 0 radical (unpaired) electrons. The molecule has 4 N–H and O–H groups in total. The van der Waals surface area contributed by atoms with E-state index in [0.717, 1.165) is 36.8 Å². The summed E-state index contributed by atoms with van der Waals surface area (Å²) in [6.45, 7) is 0.631. The van der Waals surface area contributed by atoms with Gasteiger partial charge in [-0.15, -0.1) is 0 Å². The second-order valence-corrected chi connectivity index (χ2v) is 7.51. The minimum Gasteiger partial charge on any atom is -0.393 e. The molecule has 1 saturated carbocycles. The summed E-state index contributed by atoms with van der Waals surface area (Å²) in [5, 5.41) is 22.0. The number of benzene rings is 2. The predicted molar refractivity (Wildman–Crippen MR) is 102 cm³/mol. The Morgan fingerprint density at radius 1 is 0.893 bits per heavy atom. The Kier molecular flexibility index (Phi) is 7.50. The minimum absolute atomic E-state index is 0.116. The lowest BCUT2D eigenvalue weighted by Crippen LogP contribution is -2.92. The van der Waals surface area contributed by atoms with Gasteiger partial charge in [-0.3, -0.25) is 0 Å². The molecule has 1 aliphatic rings. The van der Waals surface area contributed by atoms with Crippen molar-refractivity contribution in [3.63, 3.8) is 0 Å². The van der Waals surface area contributed by atoms with Crippen LogP contribution >= 0.6 is 0 Å². The largest absolute Gasteiger partial charge is 0.393 e. The highest BCUT2D eigenvalue weighted by Crippen LogP contribution is 2.26. The summed E-state index contributed by atoms with van der Waals surface area (Å²) < 4.78 is 32.5. The van der Waals surface area contributed by atoms with Crippen LogP contribution in [0.3, 0.4) is 0 Å². The molecule has 0 aromatic heterocycles. The maximum atomic E-state index is 13.3. The molecule has 0 unspecified atom stereocenters. The van der Waals surface area contributed by atoms with Crippen molar-refractivity contribution in [3.05, 3.63) is 71.3 Å². The number of hydrogen-bond donors (Lipinski definition) is 3. The Balaban J connectivity index is 1.58. The van der Waals surface area contributed by atoms with Gasteiger partial charge in [-0.25, -0.2) is 8.78 Å². The van der Waals surface area contributed by atoms with Crippen molar-refractivity contribution < 1.29 is 29.0 Å². The van der Waals surface area contributed by atoms with Gasteiger partial charge in [0, 0.05) is 12.8 Å². The van der Waals surface area contributed by atoms with E-state index in [2.05, 4.69) is 5.32 Å². The van der Waals surface area contributed by atoms with E-state index in [1.54, 1.807) is 24.3 Å². The highest BCUT2D eigenvalue weighted by molar-refractivity contribution is 5.30. The van der Waals surface area contributed by atoms with Gasteiger partial charge < -0.3 is 20.3 Å². The molecule has 0 aliphatic heterocycles. The third-order valence-electron chi connectivity index (χ3n) is 5.28. The molecule has 28 heavy (non-hydrogen) atoms. The summed E-state index contributed by atoms with van der Waals surface area (Å²) in [5.74, 6) is -0.678. The van der Waals surface area contributed by atoms with Crippen LogP contribution in [0.2, 0.25) is 0 Å². The highest BCUT2D eigenvalue weighted by atomic mass is 19.1. The zero-order valence-electron chi connectivity index (χ0n) is 15.8. The summed E-state index contributed by atoms with van der Waals surface area (Å²) >= 11 is 0. The molecular formula is C22H28F2NO3+. The van der Waals surface area contributed by atoms with Crippen LogP contribution in [0, 0.1) is 11.6 Å². The Bertz CT molecular complexity index is 670. The maximum Gasteiger partial charge on any atom is 0.126 e. The average molecular weight is 392 g/mol. The van der Waals surface area contributed by atoms with Gasteiger partial charge in [0.25, 0.3) is 0 Å². The van der Waals surface area contributed by atoms with E-state index in [1.807, 2.05) is 0 Å². The number of hydrogen-bond acceptors (Lipinski definition) is 3. The zero-order valence-corrected chi connectivity index (χ0v) is 15.8. The fourth-order valence-corrected chi connectivity index (χ4v) is 3.62. The van der Waals surface area contributed by atoms with Crippen molar-refractivity contribution in [3.8, 4) is 0 Å². The smallest absolute Gasteiger partial charge is 0.126 e. The Hall–Kier alpha value is -1.86. The third kappa shape index (κ3) is 6.07. The minimum atomic E-state index is -0.657. The topological polar surface area (TPSA) is 66.3 Å². The first-order valence-corrected chi connectivity index (χ1v) is 9.83. The molecule has 0 spiro atoms. The van der Waals surface area contributed by atoms with Crippen molar-refractivity contribution >= 4 is 0 Å². The molecule has 3 rings (SSSR count). The number of nitrogens with two attached hydrogens (primary N) is 1. The van der Waals surface area contributed by atoms with Gasteiger partial charge in [0.15, 0.2) is 0 Å². The second kappa shape index (κ2) is 10.1. The van der Waals surface area contributed by atoms with Crippen LogP contribution in [0.1, 0.15) is 42.9 Å². The first kappa shape index (κ1) is 20.9. The van der Waals surface area contributed by atoms with Crippen LogP contribution in [0.15, 0.2) is 48.5 Å². The van der Waals surface area contributed by atoms with E-state index >= 15 is 0 Å². The molecule has 6 heteroatoms. The van der Waals surface area contributed by atoms with Crippen molar-refractivity contribution in [1.29, 1.82) is 0 Å². The fraction of sp³-hybridized carbons (Fsp3) is 0.455. The molecule has 0 amide bonds. The highest BCUT2D eigenvalue weighted by Gasteiger charge is 2.23. The van der Waals surface area contributed by atoms with E-state index < -0.39 is 12.2 Å². The zero-order chi connectivity index (χ0) is 19.9. The monoisotopic (exact) mass is 392 g/mol. The van der Waals surface area contributed by atoms with Gasteiger partial charge in [-0.2, -0.15) is 0 Å². The van der Waals surface area contributed by atoms with Gasteiger partial charge in [0.05, 0.1) is 18.8 Å². The summed E-state index contributed by atoms with van der Waals surface area (Å²) in [5.41, 5.74) is 1.48. The molecule has 0 bridgehead atoms. The SMILES string of the molecule is OC1CCC([NH2+]C[C@@H](O)COC(c2ccc(F)cc2)c2ccc(F)cc2)CC1. The molecule has 4 nitrogen and oxygen atoms in total. The van der Waals surface area contributed by atoms with Crippen LogP contribution in [0.5, 0.6) is 0 Å². The van der Waals surface area contributed by atoms with E-state index in [0.29, 0.717) is 12.6 Å². The summed E-state index contributed by atoms with van der Waals surface area (Å²) in [7, 11) is 0. The van der Waals surface area contributed by atoms with Gasteiger partial charge in [-0.1, -0.05) is 24.3 Å². The Labute approximate surface area is 164 Å². The van der Waals surface area contributed by atoms with Crippen LogP contribution in [0.4, 0.5) is 8.78 Å². The number of halogens is 2. The lowest BCUT2D eigenvalue weighted by atomic mass is 9.93. The standard InChI is InChI=1S/C22H27F2NO3/c23-17-5-1-15(2-6-17)22(16-3-7-18(24)8-4-16)28-14-21(27)13-25-19-9-11-20(26)12-10-19/h1-8,19-22,25-27H,9-14H2/p+1/t19?,20?,21-/m1/s1. The van der Waals surface area contributed by atoms with Crippen molar-refractivity contribution in [2.45, 2.75) is 50.0 Å². The molecule has 0 heterocycles. The van der Waals surface area contributed by atoms with Gasteiger partial charge in [0.1, 0.15) is 30.4 Å². The van der Waals surface area contributed by atoms with Crippen LogP contribution < -0.4 is 5.32 Å². The number of quaternary nitrogens is 1. The molecule has 2 aromatic carbocycles. The number of ether oxygens (including phenoxy) is 1. The molecule has 1 aliphatic carbocycles. The van der Waals surface area contributed by atoms with Crippen LogP contribution in [-0.4, -0.2) is 41.6 Å². The van der Waals surface area contributed by atoms with Crippen molar-refractivity contribution in [1.82, 2.24) is 0 Å². The normalized spacial score (nSPS) is 21.0. The first-order chi connectivity index (χ1) is 13.5. The lowest BCUT2D eigenvalue weighted by Gasteiger charge is -2.25. The number of rotatable bonds is 8. The number of aliphatic hydroxyl groups is 2. The second-order valence-electron chi connectivity index (χ2n) is 7.51. The van der Waals surface area contributed by atoms with Crippen molar-refractivity contribution in [2.24, 2.45) is 0 Å². The third-order valence-corrected chi connectivity index (χ3v) is 5.28. The van der Waals surface area contributed by atoms with Crippen LogP contribution in [0.25, 0.3) is 0 Å². The summed E-state index contributed by atoms with van der Waals surface area (Å²) in [6, 6.07) is 12.4.